The number of hydrogen-bond acceptors (Lipinski definition) is 2. The van der Waals surface area contributed by atoms with E-state index in [1.807, 2.05) is 23.9 Å². The fourth-order valence-corrected chi connectivity index (χ4v) is 2.22. The molecule has 0 aromatic heterocycles. The van der Waals surface area contributed by atoms with Gasteiger partial charge in [-0.05, 0) is 30.9 Å². The molecule has 1 unspecified atom stereocenters. The lowest BCUT2D eigenvalue weighted by molar-refractivity contribution is 0.682. The first-order valence-corrected chi connectivity index (χ1v) is 6.32. The highest BCUT2D eigenvalue weighted by atomic mass is 32.2. The highest BCUT2D eigenvalue weighted by Gasteiger charge is 2.10. The van der Waals surface area contributed by atoms with E-state index in [9.17, 15) is 0 Å². The van der Waals surface area contributed by atoms with E-state index in [0.29, 0.717) is 5.92 Å². The van der Waals surface area contributed by atoms with E-state index in [4.69, 9.17) is 0 Å². The van der Waals surface area contributed by atoms with Crippen LogP contribution in [0.25, 0.3) is 0 Å². The summed E-state index contributed by atoms with van der Waals surface area (Å²) in [6.45, 7) is 13.9. The molecule has 15 heavy (non-hydrogen) atoms. The zero-order valence-corrected chi connectivity index (χ0v) is 10.8. The molecule has 0 aromatic carbocycles. The highest BCUT2D eigenvalue weighted by molar-refractivity contribution is 8.03. The number of hydrogen-bond donors (Lipinski definition) is 0. The lowest BCUT2D eigenvalue weighted by Gasteiger charge is -2.14. The molecule has 84 valence electrons. The lowest BCUT2D eigenvalue weighted by Crippen LogP contribution is -1.97. The van der Waals surface area contributed by atoms with Crippen LogP contribution in [-0.2, 0) is 0 Å². The van der Waals surface area contributed by atoms with E-state index in [0.717, 1.165) is 17.9 Å². The van der Waals surface area contributed by atoms with Gasteiger partial charge in [-0.2, -0.15) is 0 Å². The molecule has 0 aliphatic heterocycles. The maximum atomic E-state index is 4.09. The van der Waals surface area contributed by atoms with E-state index in [1.165, 1.54) is 4.91 Å². The maximum Gasteiger partial charge on any atom is 0.0720 e. The molecule has 0 rings (SSSR count). The smallest absolute Gasteiger partial charge is 0.0720 e. The summed E-state index contributed by atoms with van der Waals surface area (Å²) < 4.78 is 0. The second-order valence-electron chi connectivity index (χ2n) is 3.24. The van der Waals surface area contributed by atoms with E-state index in [1.54, 1.807) is 6.08 Å². The third kappa shape index (κ3) is 5.03. The van der Waals surface area contributed by atoms with Crippen molar-refractivity contribution in [3.8, 4) is 0 Å². The summed E-state index contributed by atoms with van der Waals surface area (Å²) in [5.74, 6) is 1.62. The molecule has 0 saturated carbocycles. The summed E-state index contributed by atoms with van der Waals surface area (Å²) in [5.41, 5.74) is 0.983. The topological polar surface area (TPSA) is 12.4 Å². The third-order valence-electron chi connectivity index (χ3n) is 2.17. The molecule has 0 N–H and O–H groups in total. The van der Waals surface area contributed by atoms with Crippen molar-refractivity contribution in [3.63, 3.8) is 0 Å². The van der Waals surface area contributed by atoms with Crippen LogP contribution >= 0.6 is 11.8 Å². The number of allylic oxidation sites excluding steroid dienone is 4. The third-order valence-corrected chi connectivity index (χ3v) is 3.38. The largest absolute Gasteiger partial charge is 0.264 e. The quantitative estimate of drug-likeness (QED) is 0.459. The zero-order valence-electron chi connectivity index (χ0n) is 9.99. The van der Waals surface area contributed by atoms with Crippen molar-refractivity contribution in [1.29, 1.82) is 0 Å². The standard InChI is InChI=1S/C13H21NS/c1-6-9-10-12(14-5)13(15-8-3)11(4)7-2/h6,9-11H,1,5,7-8H2,2-4H3/b10-9-,13-12-. The van der Waals surface area contributed by atoms with Gasteiger partial charge in [-0.25, -0.2) is 0 Å². The Morgan fingerprint density at radius 3 is 2.53 bits per heavy atom. The van der Waals surface area contributed by atoms with Crippen molar-refractivity contribution in [2.45, 2.75) is 27.2 Å². The number of rotatable bonds is 7. The van der Waals surface area contributed by atoms with Crippen molar-refractivity contribution >= 4 is 18.5 Å². The van der Waals surface area contributed by atoms with E-state index < -0.39 is 0 Å². The molecule has 1 atom stereocenters. The first-order valence-electron chi connectivity index (χ1n) is 5.33. The Hall–Kier alpha value is -0.760. The van der Waals surface area contributed by atoms with Crippen LogP contribution in [0.2, 0.25) is 0 Å². The Morgan fingerprint density at radius 1 is 1.47 bits per heavy atom. The average Bonchev–Trinajstić information content (AvgIpc) is 2.27. The minimum atomic E-state index is 0.546. The first kappa shape index (κ1) is 14.2. The Morgan fingerprint density at radius 2 is 2.13 bits per heavy atom. The molecular formula is C13H21NS. The summed E-state index contributed by atoms with van der Waals surface area (Å²) in [4.78, 5) is 5.41. The average molecular weight is 223 g/mol. The van der Waals surface area contributed by atoms with Gasteiger partial charge in [0.1, 0.15) is 0 Å². The fourth-order valence-electron chi connectivity index (χ4n) is 1.18. The van der Waals surface area contributed by atoms with E-state index in [-0.39, 0.29) is 0 Å². The molecule has 0 fully saturated rings. The molecule has 0 aliphatic rings. The van der Waals surface area contributed by atoms with E-state index in [2.05, 4.69) is 39.1 Å². The van der Waals surface area contributed by atoms with Crippen molar-refractivity contribution in [1.82, 2.24) is 0 Å². The minimum absolute atomic E-state index is 0.546. The number of aliphatic imine (C=N–C) groups is 1. The molecule has 0 bridgehead atoms. The molecule has 0 amide bonds. The second kappa shape index (κ2) is 8.54. The van der Waals surface area contributed by atoms with Gasteiger partial charge in [0, 0.05) is 4.91 Å². The van der Waals surface area contributed by atoms with Crippen molar-refractivity contribution in [2.24, 2.45) is 10.9 Å². The SMILES string of the molecule is C=C/C=C\C(N=C)=C(\SCC)C(C)CC. The van der Waals surface area contributed by atoms with Crippen LogP contribution in [0.3, 0.4) is 0 Å². The summed E-state index contributed by atoms with van der Waals surface area (Å²) in [5, 5.41) is 0. The van der Waals surface area contributed by atoms with Crippen molar-refractivity contribution in [2.75, 3.05) is 5.75 Å². The molecule has 0 saturated heterocycles. The van der Waals surface area contributed by atoms with Crippen LogP contribution in [0.15, 0.2) is 40.4 Å². The predicted molar refractivity (Wildman–Crippen MR) is 73.5 cm³/mol. The van der Waals surface area contributed by atoms with Crippen molar-refractivity contribution < 1.29 is 0 Å². The monoisotopic (exact) mass is 223 g/mol. The van der Waals surface area contributed by atoms with Gasteiger partial charge in [0.05, 0.1) is 5.70 Å². The van der Waals surface area contributed by atoms with Crippen LogP contribution in [0, 0.1) is 5.92 Å². The highest BCUT2D eigenvalue weighted by Crippen LogP contribution is 2.30. The van der Waals surface area contributed by atoms with Crippen LogP contribution in [0.4, 0.5) is 0 Å². The van der Waals surface area contributed by atoms with Gasteiger partial charge in [0.2, 0.25) is 0 Å². The summed E-state index contributed by atoms with van der Waals surface area (Å²) in [6.07, 6.45) is 6.77. The molecule has 0 spiro atoms. The number of thioether (sulfide) groups is 1. The Balaban J connectivity index is 5.05. The van der Waals surface area contributed by atoms with Crippen LogP contribution in [0.5, 0.6) is 0 Å². The van der Waals surface area contributed by atoms with Gasteiger partial charge >= 0.3 is 0 Å². The molecule has 0 aliphatic carbocycles. The van der Waals surface area contributed by atoms with Gasteiger partial charge < -0.3 is 0 Å². The number of nitrogens with zero attached hydrogens (tertiary/aromatic N) is 1. The van der Waals surface area contributed by atoms with Gasteiger partial charge in [-0.3, -0.25) is 4.99 Å². The first-order chi connectivity index (χ1) is 7.21. The fraction of sp³-hybridized carbons (Fsp3) is 0.462. The predicted octanol–water partition coefficient (Wildman–Crippen LogP) is 4.44. The second-order valence-corrected chi connectivity index (χ2v) is 4.55. The molecule has 1 nitrogen and oxygen atoms in total. The normalized spacial score (nSPS) is 14.9. The summed E-state index contributed by atoms with van der Waals surface area (Å²) in [7, 11) is 0. The van der Waals surface area contributed by atoms with Gasteiger partial charge in [-0.1, -0.05) is 39.5 Å². The molecule has 0 aromatic rings. The van der Waals surface area contributed by atoms with Crippen molar-refractivity contribution in [3.05, 3.63) is 35.4 Å². The van der Waals surface area contributed by atoms with Crippen LogP contribution in [-0.4, -0.2) is 12.5 Å². The molecule has 0 radical (unpaired) electrons. The summed E-state index contributed by atoms with van der Waals surface area (Å²) in [6, 6.07) is 0. The summed E-state index contributed by atoms with van der Waals surface area (Å²) >= 11 is 1.85. The minimum Gasteiger partial charge on any atom is -0.264 e. The lowest BCUT2D eigenvalue weighted by atomic mass is 10.1. The van der Waals surface area contributed by atoms with Gasteiger partial charge in [-0.15, -0.1) is 11.8 Å². The Kier molecular flexibility index (Phi) is 8.11. The Bertz CT molecular complexity index is 264. The molecular weight excluding hydrogens is 202 g/mol. The zero-order chi connectivity index (χ0) is 11.7. The molecule has 0 heterocycles. The van der Waals surface area contributed by atoms with E-state index >= 15 is 0 Å². The Labute approximate surface area is 98.1 Å². The van der Waals surface area contributed by atoms with Crippen LogP contribution in [0.1, 0.15) is 27.2 Å². The maximum absolute atomic E-state index is 4.09. The van der Waals surface area contributed by atoms with Crippen LogP contribution < -0.4 is 0 Å². The van der Waals surface area contributed by atoms with Gasteiger partial charge in [0.15, 0.2) is 0 Å². The van der Waals surface area contributed by atoms with Gasteiger partial charge in [0.25, 0.3) is 0 Å². The molecule has 2 heteroatoms.